The van der Waals surface area contributed by atoms with Crippen molar-refractivity contribution in [3.8, 4) is 0 Å². The Hall–Kier alpha value is -3.48. The molecule has 31 heavy (non-hydrogen) atoms. The molecule has 0 saturated heterocycles. The number of hydrogen-bond acceptors (Lipinski definition) is 4. The third-order valence-electron chi connectivity index (χ3n) is 5.40. The first-order valence-corrected chi connectivity index (χ1v) is 10.6. The number of aromatic nitrogens is 2. The van der Waals surface area contributed by atoms with E-state index in [9.17, 15) is 14.4 Å². The molecule has 1 aromatic heterocycles. The quantitative estimate of drug-likeness (QED) is 0.639. The SMILES string of the molecule is CCCn1nc(C(=O)N(C)Cc2ccc(C(=O)NC3CC3)cc2)c2ccccc2c1=O. The highest BCUT2D eigenvalue weighted by Gasteiger charge is 2.24. The second kappa shape index (κ2) is 8.71. The first-order chi connectivity index (χ1) is 15.0. The molecule has 0 atom stereocenters. The van der Waals surface area contributed by atoms with Crippen LogP contribution >= 0.6 is 0 Å². The lowest BCUT2D eigenvalue weighted by Crippen LogP contribution is -2.32. The van der Waals surface area contributed by atoms with Crippen molar-refractivity contribution in [2.24, 2.45) is 0 Å². The van der Waals surface area contributed by atoms with Gasteiger partial charge < -0.3 is 10.2 Å². The third-order valence-corrected chi connectivity index (χ3v) is 5.40. The zero-order valence-electron chi connectivity index (χ0n) is 17.8. The third kappa shape index (κ3) is 4.50. The van der Waals surface area contributed by atoms with Crippen molar-refractivity contribution < 1.29 is 9.59 Å². The van der Waals surface area contributed by atoms with E-state index in [1.807, 2.05) is 19.1 Å². The molecule has 1 saturated carbocycles. The van der Waals surface area contributed by atoms with Gasteiger partial charge in [0.15, 0.2) is 5.69 Å². The Balaban J connectivity index is 1.55. The zero-order valence-corrected chi connectivity index (χ0v) is 17.8. The maximum atomic E-state index is 13.2. The fraction of sp³-hybridized carbons (Fsp3) is 0.333. The number of benzene rings is 2. The lowest BCUT2D eigenvalue weighted by Gasteiger charge is -2.19. The largest absolute Gasteiger partial charge is 0.349 e. The van der Waals surface area contributed by atoms with Gasteiger partial charge in [-0.05, 0) is 43.0 Å². The summed E-state index contributed by atoms with van der Waals surface area (Å²) in [6.45, 7) is 2.79. The van der Waals surface area contributed by atoms with E-state index < -0.39 is 0 Å². The molecular weight excluding hydrogens is 392 g/mol. The van der Waals surface area contributed by atoms with Crippen LogP contribution in [0.25, 0.3) is 10.8 Å². The number of carbonyl (C=O) groups is 2. The molecule has 0 bridgehead atoms. The van der Waals surface area contributed by atoms with Crippen molar-refractivity contribution in [1.82, 2.24) is 20.0 Å². The first kappa shape index (κ1) is 20.8. The normalized spacial score (nSPS) is 13.2. The van der Waals surface area contributed by atoms with Crippen molar-refractivity contribution in [3.63, 3.8) is 0 Å². The minimum absolute atomic E-state index is 0.0627. The summed E-state index contributed by atoms with van der Waals surface area (Å²) < 4.78 is 1.37. The van der Waals surface area contributed by atoms with E-state index in [1.54, 1.807) is 48.3 Å². The van der Waals surface area contributed by atoms with Crippen molar-refractivity contribution >= 4 is 22.6 Å². The Morgan fingerprint density at radius 1 is 1.10 bits per heavy atom. The van der Waals surface area contributed by atoms with Gasteiger partial charge in [-0.15, -0.1) is 0 Å². The zero-order chi connectivity index (χ0) is 22.0. The Labute approximate surface area is 180 Å². The summed E-state index contributed by atoms with van der Waals surface area (Å²) in [4.78, 5) is 39.6. The lowest BCUT2D eigenvalue weighted by atomic mass is 10.1. The molecule has 7 nitrogen and oxygen atoms in total. The number of nitrogens with one attached hydrogen (secondary N) is 1. The highest BCUT2D eigenvalue weighted by Crippen LogP contribution is 2.20. The second-order valence-corrected chi connectivity index (χ2v) is 8.03. The van der Waals surface area contributed by atoms with Crippen LogP contribution in [0.2, 0.25) is 0 Å². The maximum Gasteiger partial charge on any atom is 0.274 e. The van der Waals surface area contributed by atoms with Gasteiger partial charge in [0.1, 0.15) is 0 Å². The van der Waals surface area contributed by atoms with Crippen molar-refractivity contribution in [2.45, 2.75) is 45.3 Å². The fourth-order valence-electron chi connectivity index (χ4n) is 3.54. The Morgan fingerprint density at radius 2 is 1.77 bits per heavy atom. The van der Waals surface area contributed by atoms with Crippen LogP contribution in [0.15, 0.2) is 53.3 Å². The maximum absolute atomic E-state index is 13.2. The molecule has 0 radical (unpaired) electrons. The predicted molar refractivity (Wildman–Crippen MR) is 119 cm³/mol. The lowest BCUT2D eigenvalue weighted by molar-refractivity contribution is 0.0778. The summed E-state index contributed by atoms with van der Waals surface area (Å²) in [6, 6.07) is 14.7. The Kier molecular flexibility index (Phi) is 5.84. The molecule has 2 amide bonds. The minimum Gasteiger partial charge on any atom is -0.349 e. The van der Waals surface area contributed by atoms with Gasteiger partial charge in [0.25, 0.3) is 17.4 Å². The summed E-state index contributed by atoms with van der Waals surface area (Å²) in [7, 11) is 1.71. The minimum atomic E-state index is -0.253. The van der Waals surface area contributed by atoms with E-state index in [1.165, 1.54) is 4.68 Å². The van der Waals surface area contributed by atoms with E-state index in [0.29, 0.717) is 35.5 Å². The van der Waals surface area contributed by atoms with Crippen LogP contribution in [0.3, 0.4) is 0 Å². The predicted octanol–water partition coefficient (Wildman–Crippen LogP) is 2.97. The van der Waals surface area contributed by atoms with E-state index in [4.69, 9.17) is 0 Å². The Morgan fingerprint density at radius 3 is 2.42 bits per heavy atom. The van der Waals surface area contributed by atoms with Gasteiger partial charge in [0.2, 0.25) is 0 Å². The monoisotopic (exact) mass is 418 g/mol. The number of carbonyl (C=O) groups excluding carboxylic acids is 2. The average molecular weight is 418 g/mol. The van der Waals surface area contributed by atoms with Crippen LogP contribution in [-0.4, -0.2) is 39.6 Å². The van der Waals surface area contributed by atoms with E-state index in [0.717, 1.165) is 24.8 Å². The van der Waals surface area contributed by atoms with E-state index in [-0.39, 0.29) is 23.1 Å². The number of fused-ring (bicyclic) bond motifs is 1. The molecule has 1 aliphatic carbocycles. The fourth-order valence-corrected chi connectivity index (χ4v) is 3.54. The number of amides is 2. The van der Waals surface area contributed by atoms with Gasteiger partial charge in [-0.25, -0.2) is 4.68 Å². The summed E-state index contributed by atoms with van der Waals surface area (Å²) in [6.07, 6.45) is 2.84. The van der Waals surface area contributed by atoms with Gasteiger partial charge in [-0.2, -0.15) is 5.10 Å². The van der Waals surface area contributed by atoms with Crippen molar-refractivity contribution in [1.29, 1.82) is 0 Å². The van der Waals surface area contributed by atoms with Gasteiger partial charge in [0, 0.05) is 37.1 Å². The highest BCUT2D eigenvalue weighted by molar-refractivity contribution is 6.04. The molecule has 0 unspecified atom stereocenters. The van der Waals surface area contributed by atoms with Crippen molar-refractivity contribution in [2.75, 3.05) is 7.05 Å². The van der Waals surface area contributed by atoms with Crippen LogP contribution < -0.4 is 10.9 Å². The van der Waals surface area contributed by atoms with E-state index in [2.05, 4.69) is 10.4 Å². The molecule has 0 aliphatic heterocycles. The number of nitrogens with zero attached hydrogens (tertiary/aromatic N) is 3. The van der Waals surface area contributed by atoms with Crippen LogP contribution in [0.4, 0.5) is 0 Å². The van der Waals surface area contributed by atoms with E-state index >= 15 is 0 Å². The topological polar surface area (TPSA) is 84.3 Å². The number of hydrogen-bond donors (Lipinski definition) is 1. The Bertz CT molecular complexity index is 1180. The molecule has 0 spiro atoms. The van der Waals surface area contributed by atoms with Crippen LogP contribution in [0.1, 0.15) is 52.6 Å². The molecule has 7 heteroatoms. The first-order valence-electron chi connectivity index (χ1n) is 10.6. The second-order valence-electron chi connectivity index (χ2n) is 8.03. The van der Waals surface area contributed by atoms with Gasteiger partial charge >= 0.3 is 0 Å². The summed E-state index contributed by atoms with van der Waals surface area (Å²) >= 11 is 0. The standard InChI is InChI=1S/C24H26N4O3/c1-3-14-28-23(30)20-7-5-4-6-19(20)21(26-28)24(31)27(2)15-16-8-10-17(11-9-16)22(29)25-18-12-13-18/h4-11,18H,3,12-15H2,1-2H3,(H,25,29). The molecule has 1 aliphatic rings. The van der Waals surface area contributed by atoms with Crippen LogP contribution in [0.5, 0.6) is 0 Å². The molecule has 1 fully saturated rings. The van der Waals surface area contributed by atoms with Crippen molar-refractivity contribution in [3.05, 3.63) is 75.7 Å². The van der Waals surface area contributed by atoms with Crippen LogP contribution in [0, 0.1) is 0 Å². The summed E-state index contributed by atoms with van der Waals surface area (Å²) in [5.41, 5.74) is 1.61. The van der Waals surface area contributed by atoms with Gasteiger partial charge in [-0.1, -0.05) is 37.3 Å². The molecule has 2 aromatic carbocycles. The number of aryl methyl sites for hydroxylation is 1. The smallest absolute Gasteiger partial charge is 0.274 e. The van der Waals surface area contributed by atoms with Gasteiger partial charge in [-0.3, -0.25) is 14.4 Å². The average Bonchev–Trinajstić information content (AvgIpc) is 3.60. The molecule has 160 valence electrons. The number of rotatable bonds is 7. The van der Waals surface area contributed by atoms with Crippen LogP contribution in [-0.2, 0) is 13.1 Å². The molecule has 3 aromatic rings. The summed E-state index contributed by atoms with van der Waals surface area (Å²) in [5, 5.41) is 8.40. The highest BCUT2D eigenvalue weighted by atomic mass is 16.2. The summed E-state index contributed by atoms with van der Waals surface area (Å²) in [5.74, 6) is -0.316. The molecule has 1 heterocycles. The molecular formula is C24H26N4O3. The van der Waals surface area contributed by atoms with Gasteiger partial charge in [0.05, 0.1) is 5.39 Å². The molecule has 1 N–H and O–H groups in total. The molecule has 4 rings (SSSR count).